The number of nitrogens with two attached hydrogens (primary N) is 1. The Balaban J connectivity index is 1.70. The smallest absolute Gasteiger partial charge is 0.271 e. The van der Waals surface area contributed by atoms with Crippen LogP contribution in [-0.2, 0) is 9.84 Å². The van der Waals surface area contributed by atoms with Gasteiger partial charge in [0.1, 0.15) is 5.69 Å². The van der Waals surface area contributed by atoms with Crippen LogP contribution in [0.4, 0.5) is 11.4 Å². The van der Waals surface area contributed by atoms with Gasteiger partial charge in [0.2, 0.25) is 15.7 Å². The summed E-state index contributed by atoms with van der Waals surface area (Å²) in [6.45, 7) is 4.14. The number of nitrogens with one attached hydrogen (secondary N) is 1. The van der Waals surface area contributed by atoms with Gasteiger partial charge in [0.05, 0.1) is 10.6 Å². The zero-order valence-corrected chi connectivity index (χ0v) is 23.9. The summed E-state index contributed by atoms with van der Waals surface area (Å²) in [5.74, 6) is -1.26. The van der Waals surface area contributed by atoms with E-state index in [9.17, 15) is 23.1 Å². The maximum atomic E-state index is 13.9. The van der Waals surface area contributed by atoms with Crippen LogP contribution in [0.15, 0.2) is 118 Å². The molecule has 0 aliphatic carbocycles. The van der Waals surface area contributed by atoms with E-state index in [-0.39, 0.29) is 10.6 Å². The Bertz CT molecular complexity index is 1950. The molecule has 8 nitrogen and oxygen atoms in total. The summed E-state index contributed by atoms with van der Waals surface area (Å²) in [6, 6.07) is 29.0. The third-order valence-electron chi connectivity index (χ3n) is 7.02. The maximum absolute atomic E-state index is 13.9. The number of H-pyrrole nitrogens is 1. The third kappa shape index (κ3) is 5.17. The molecule has 212 valence electrons. The summed E-state index contributed by atoms with van der Waals surface area (Å²) in [4.78, 5) is 28.9. The van der Waals surface area contributed by atoms with Gasteiger partial charge in [-0.15, -0.1) is 0 Å². The molecule has 0 fully saturated rings. The van der Waals surface area contributed by atoms with Gasteiger partial charge in [-0.2, -0.15) is 0 Å². The highest BCUT2D eigenvalue weighted by molar-refractivity contribution is 7.91. The van der Waals surface area contributed by atoms with Crippen LogP contribution in [0, 0.1) is 6.92 Å². The maximum Gasteiger partial charge on any atom is 0.271 e. The quantitative estimate of drug-likeness (QED) is 0.212. The summed E-state index contributed by atoms with van der Waals surface area (Å²) < 4.78 is 27.9. The highest BCUT2D eigenvalue weighted by Gasteiger charge is 2.32. The minimum atomic E-state index is -4.49. The second-order valence-corrected chi connectivity index (χ2v) is 11.6. The van der Waals surface area contributed by atoms with Crippen molar-refractivity contribution in [3.05, 3.63) is 125 Å². The Morgan fingerprint density at radius 2 is 1.55 bits per heavy atom. The molecule has 0 bridgehead atoms. The van der Waals surface area contributed by atoms with Crippen LogP contribution in [0.5, 0.6) is 5.75 Å². The molecule has 0 saturated carbocycles. The molecule has 1 amide bonds. The number of aromatic hydroxyl groups is 1. The minimum Gasteiger partial charge on any atom is -0.504 e. The number of carbonyl (C=O) groups excluding carboxylic acids is 1. The lowest BCUT2D eigenvalue weighted by Gasteiger charge is -2.27. The third-order valence-corrected chi connectivity index (χ3v) is 8.83. The number of rotatable bonds is 8. The molecule has 4 aromatic carbocycles. The molecule has 0 atom stereocenters. The monoisotopic (exact) mass is 579 g/mol. The molecule has 42 heavy (non-hydrogen) atoms. The standard InChI is InChI=1S/C33H29N3O5S/c1-3-36(24-12-5-4-6-13-24)29-28(23-11-9-10-21(2)20-23)35-33(39)31(30(29)37)42(40,41)25-18-16-22(17-19-25)26-14-7-8-15-27(26)32(34)38/h4-20H,3H2,1-2H3,(H2,34,38)(H2,35,37,39). The van der Waals surface area contributed by atoms with E-state index < -0.39 is 31.9 Å². The Labute approximate surface area is 243 Å². The summed E-state index contributed by atoms with van der Waals surface area (Å²) in [5.41, 5.74) is 8.68. The molecule has 5 rings (SSSR count). The average molecular weight is 580 g/mol. The number of aryl methyl sites for hydroxylation is 1. The largest absolute Gasteiger partial charge is 0.504 e. The number of sulfone groups is 1. The molecule has 5 aromatic rings. The van der Waals surface area contributed by atoms with Crippen LogP contribution in [0.25, 0.3) is 22.4 Å². The van der Waals surface area contributed by atoms with Gasteiger partial charge < -0.3 is 20.7 Å². The number of benzene rings is 4. The van der Waals surface area contributed by atoms with Crippen LogP contribution in [0.3, 0.4) is 0 Å². The fourth-order valence-electron chi connectivity index (χ4n) is 5.04. The van der Waals surface area contributed by atoms with E-state index >= 15 is 0 Å². The second kappa shape index (κ2) is 11.4. The zero-order valence-electron chi connectivity index (χ0n) is 23.0. The van der Waals surface area contributed by atoms with E-state index in [2.05, 4.69) is 4.98 Å². The van der Waals surface area contributed by atoms with Gasteiger partial charge in [-0.05, 0) is 61.4 Å². The minimum absolute atomic E-state index is 0.166. The lowest BCUT2D eigenvalue weighted by molar-refractivity contribution is 0.100. The lowest BCUT2D eigenvalue weighted by Crippen LogP contribution is -2.24. The Hall–Kier alpha value is -5.15. The van der Waals surface area contributed by atoms with Crippen LogP contribution in [0.1, 0.15) is 22.8 Å². The Kier molecular flexibility index (Phi) is 7.69. The van der Waals surface area contributed by atoms with Crippen molar-refractivity contribution in [1.82, 2.24) is 4.98 Å². The first-order chi connectivity index (χ1) is 20.1. The summed E-state index contributed by atoms with van der Waals surface area (Å²) >= 11 is 0. The van der Waals surface area contributed by atoms with Gasteiger partial charge in [0, 0.05) is 23.4 Å². The number of aromatic nitrogens is 1. The van der Waals surface area contributed by atoms with Crippen molar-refractivity contribution >= 4 is 27.1 Å². The van der Waals surface area contributed by atoms with E-state index in [1.807, 2.05) is 62.4 Å². The van der Waals surface area contributed by atoms with Crippen molar-refractivity contribution in [2.75, 3.05) is 11.4 Å². The summed E-state index contributed by atoms with van der Waals surface area (Å²) in [5, 5.41) is 11.7. The van der Waals surface area contributed by atoms with Gasteiger partial charge >= 0.3 is 0 Å². The van der Waals surface area contributed by atoms with Gasteiger partial charge in [0.15, 0.2) is 10.6 Å². The Morgan fingerprint density at radius 1 is 0.881 bits per heavy atom. The predicted octanol–water partition coefficient (Wildman–Crippen LogP) is 5.81. The summed E-state index contributed by atoms with van der Waals surface area (Å²) in [6.07, 6.45) is 0. The molecule has 4 N–H and O–H groups in total. The highest BCUT2D eigenvalue weighted by Crippen LogP contribution is 2.43. The van der Waals surface area contributed by atoms with Crippen LogP contribution in [0.2, 0.25) is 0 Å². The van der Waals surface area contributed by atoms with Crippen LogP contribution >= 0.6 is 0 Å². The lowest BCUT2D eigenvalue weighted by atomic mass is 9.99. The molecule has 0 radical (unpaired) electrons. The first kappa shape index (κ1) is 28.4. The number of hydrogen-bond acceptors (Lipinski definition) is 6. The van der Waals surface area contributed by atoms with Crippen molar-refractivity contribution in [3.63, 3.8) is 0 Å². The Morgan fingerprint density at radius 3 is 2.19 bits per heavy atom. The number of amides is 1. The molecule has 0 aliphatic heterocycles. The topological polar surface area (TPSA) is 134 Å². The number of anilines is 2. The number of para-hydroxylation sites is 1. The van der Waals surface area contributed by atoms with Gasteiger partial charge in [-0.3, -0.25) is 9.59 Å². The van der Waals surface area contributed by atoms with Crippen molar-refractivity contribution in [2.24, 2.45) is 5.73 Å². The molecule has 1 heterocycles. The summed E-state index contributed by atoms with van der Waals surface area (Å²) in [7, 11) is -4.49. The second-order valence-electron chi connectivity index (χ2n) is 9.74. The highest BCUT2D eigenvalue weighted by atomic mass is 32.2. The molecular weight excluding hydrogens is 550 g/mol. The van der Waals surface area contributed by atoms with E-state index in [0.717, 1.165) is 5.56 Å². The van der Waals surface area contributed by atoms with Crippen molar-refractivity contribution in [3.8, 4) is 28.1 Å². The zero-order chi connectivity index (χ0) is 30.0. The van der Waals surface area contributed by atoms with Gasteiger partial charge in [-0.25, -0.2) is 8.42 Å². The molecule has 0 aliphatic rings. The fraction of sp³-hybridized carbons (Fsp3) is 0.0909. The number of carbonyl (C=O) groups is 1. The van der Waals surface area contributed by atoms with Crippen LogP contribution < -0.4 is 16.2 Å². The SMILES string of the molecule is CCN(c1ccccc1)c1c(-c2cccc(C)c2)[nH]c(=O)c(S(=O)(=O)c2ccc(-c3ccccc3C(N)=O)cc2)c1O. The van der Waals surface area contributed by atoms with Crippen LogP contribution in [-0.4, -0.2) is 31.0 Å². The number of pyridine rings is 1. The number of primary amides is 1. The van der Waals surface area contributed by atoms with E-state index in [1.165, 1.54) is 24.3 Å². The van der Waals surface area contributed by atoms with Crippen molar-refractivity contribution in [2.45, 2.75) is 23.6 Å². The molecule has 1 aromatic heterocycles. The van der Waals surface area contributed by atoms with E-state index in [1.54, 1.807) is 35.2 Å². The normalized spacial score (nSPS) is 11.3. The molecule has 9 heteroatoms. The number of hydrogen-bond donors (Lipinski definition) is 3. The van der Waals surface area contributed by atoms with Gasteiger partial charge in [-0.1, -0.05) is 72.3 Å². The molecular formula is C33H29N3O5S. The number of aromatic amines is 1. The first-order valence-corrected chi connectivity index (χ1v) is 14.7. The fourth-order valence-corrected chi connectivity index (χ4v) is 6.42. The van der Waals surface area contributed by atoms with Gasteiger partial charge in [0.25, 0.3) is 5.56 Å². The first-order valence-electron chi connectivity index (χ1n) is 13.3. The molecule has 0 spiro atoms. The average Bonchev–Trinajstić information content (AvgIpc) is 2.99. The van der Waals surface area contributed by atoms with Crippen molar-refractivity contribution in [1.29, 1.82) is 0 Å². The van der Waals surface area contributed by atoms with Crippen molar-refractivity contribution < 1.29 is 18.3 Å². The molecule has 0 unspecified atom stereocenters. The molecule has 0 saturated heterocycles. The van der Waals surface area contributed by atoms with E-state index in [0.29, 0.717) is 40.2 Å². The van der Waals surface area contributed by atoms with E-state index in [4.69, 9.17) is 5.73 Å². The predicted molar refractivity (Wildman–Crippen MR) is 164 cm³/mol. The number of nitrogens with zero attached hydrogens (tertiary/aromatic N) is 1.